The van der Waals surface area contributed by atoms with Gasteiger partial charge in [0.05, 0.1) is 23.4 Å². The molecule has 4 rings (SSSR count). The first-order valence-electron chi connectivity index (χ1n) is 9.11. The number of fused-ring (bicyclic) bond motifs is 1. The van der Waals surface area contributed by atoms with Gasteiger partial charge in [-0.1, -0.05) is 6.07 Å². The second-order valence-corrected chi connectivity index (χ2v) is 8.27. The van der Waals surface area contributed by atoms with E-state index >= 15 is 0 Å². The smallest absolute Gasteiger partial charge is 0.344 e. The Hall–Kier alpha value is -3.21. The Kier molecular flexibility index (Phi) is 5.05. The standard InChI is InChI=1S/C18H20N6O4S/c19-17-16-14(22-29(26,27)23-17)4-1-5-15(16)28-10-12-3-2-6-24(9-12)18(25)13-7-20-11-21-8-13/h1,4-5,7-8,11-12,22H,2-3,6,9-10H2,(H2,19,23). The lowest BCUT2D eigenvalue weighted by Crippen LogP contribution is -2.41. The third-order valence-electron chi connectivity index (χ3n) is 4.83. The molecule has 1 amide bonds. The van der Waals surface area contributed by atoms with E-state index < -0.39 is 10.2 Å². The van der Waals surface area contributed by atoms with Gasteiger partial charge in [0.1, 0.15) is 12.1 Å². The van der Waals surface area contributed by atoms with Crippen LogP contribution >= 0.6 is 0 Å². The monoisotopic (exact) mass is 416 g/mol. The zero-order valence-electron chi connectivity index (χ0n) is 15.5. The van der Waals surface area contributed by atoms with Gasteiger partial charge in [-0.2, -0.15) is 8.42 Å². The van der Waals surface area contributed by atoms with Crippen LogP contribution in [0.3, 0.4) is 0 Å². The number of carbonyl (C=O) groups is 1. The summed E-state index contributed by atoms with van der Waals surface area (Å²) in [6, 6.07) is 5.00. The maximum atomic E-state index is 12.6. The van der Waals surface area contributed by atoms with Crippen molar-refractivity contribution in [3.8, 4) is 5.75 Å². The number of nitrogens with two attached hydrogens (primary N) is 1. The minimum atomic E-state index is -3.84. The summed E-state index contributed by atoms with van der Waals surface area (Å²) in [4.78, 5) is 22.2. The van der Waals surface area contributed by atoms with Gasteiger partial charge in [0.25, 0.3) is 5.91 Å². The zero-order valence-corrected chi connectivity index (χ0v) is 16.3. The normalized spacial score (nSPS) is 20.2. The lowest BCUT2D eigenvalue weighted by Gasteiger charge is -2.32. The summed E-state index contributed by atoms with van der Waals surface area (Å²) in [5.74, 6) is 0.370. The van der Waals surface area contributed by atoms with Crippen molar-refractivity contribution in [1.29, 1.82) is 0 Å². The van der Waals surface area contributed by atoms with Crippen LogP contribution in [0, 0.1) is 5.92 Å². The summed E-state index contributed by atoms with van der Waals surface area (Å²) in [6.45, 7) is 1.59. The average molecular weight is 416 g/mol. The van der Waals surface area contributed by atoms with Crippen molar-refractivity contribution in [3.63, 3.8) is 0 Å². The van der Waals surface area contributed by atoms with Crippen molar-refractivity contribution in [1.82, 2.24) is 14.9 Å². The molecular formula is C18H20N6O4S. The predicted octanol–water partition coefficient (Wildman–Crippen LogP) is 0.783. The van der Waals surface area contributed by atoms with E-state index in [-0.39, 0.29) is 17.7 Å². The van der Waals surface area contributed by atoms with E-state index in [0.717, 1.165) is 12.8 Å². The molecule has 0 radical (unpaired) electrons. The van der Waals surface area contributed by atoms with Crippen molar-refractivity contribution in [3.05, 3.63) is 48.0 Å². The first kappa shape index (κ1) is 19.1. The lowest BCUT2D eigenvalue weighted by atomic mass is 9.98. The molecule has 10 nitrogen and oxygen atoms in total. The quantitative estimate of drug-likeness (QED) is 0.750. The topological polar surface area (TPSA) is 140 Å². The molecule has 2 aliphatic heterocycles. The Morgan fingerprint density at radius 1 is 1.31 bits per heavy atom. The van der Waals surface area contributed by atoms with Gasteiger partial charge in [-0.25, -0.2) is 9.97 Å². The van der Waals surface area contributed by atoms with Crippen LogP contribution in [-0.2, 0) is 10.2 Å². The Morgan fingerprint density at radius 2 is 2.10 bits per heavy atom. The molecule has 1 unspecified atom stereocenters. The molecule has 11 heteroatoms. The lowest BCUT2D eigenvalue weighted by molar-refractivity contribution is 0.0632. The number of amides is 1. The summed E-state index contributed by atoms with van der Waals surface area (Å²) in [5, 5.41) is 0. The molecule has 2 aromatic rings. The Balaban J connectivity index is 1.44. The minimum absolute atomic E-state index is 0.0989. The molecule has 3 N–H and O–H groups in total. The van der Waals surface area contributed by atoms with E-state index in [4.69, 9.17) is 10.5 Å². The molecular weight excluding hydrogens is 396 g/mol. The number of anilines is 1. The highest BCUT2D eigenvalue weighted by atomic mass is 32.2. The van der Waals surface area contributed by atoms with E-state index in [1.54, 1.807) is 23.1 Å². The number of likely N-dealkylation sites (tertiary alicyclic amines) is 1. The molecule has 2 aliphatic rings. The maximum Gasteiger partial charge on any atom is 0.344 e. The highest BCUT2D eigenvalue weighted by Crippen LogP contribution is 2.31. The first-order valence-corrected chi connectivity index (χ1v) is 10.6. The van der Waals surface area contributed by atoms with Crippen LogP contribution in [0.15, 0.2) is 41.3 Å². The third kappa shape index (κ3) is 4.14. The van der Waals surface area contributed by atoms with Gasteiger partial charge in [0.2, 0.25) is 0 Å². The number of nitrogens with zero attached hydrogens (tertiary/aromatic N) is 4. The van der Waals surface area contributed by atoms with Crippen LogP contribution < -0.4 is 15.2 Å². The number of hydrogen-bond donors (Lipinski definition) is 2. The maximum absolute atomic E-state index is 12.6. The van der Waals surface area contributed by atoms with Crippen LogP contribution in [-0.4, -0.2) is 54.7 Å². The van der Waals surface area contributed by atoms with E-state index in [1.165, 1.54) is 18.7 Å². The van der Waals surface area contributed by atoms with Crippen molar-refractivity contribution in [2.24, 2.45) is 16.0 Å². The number of nitrogens with one attached hydrogen (secondary N) is 1. The number of hydrogen-bond acceptors (Lipinski definition) is 7. The number of rotatable bonds is 4. The molecule has 0 bridgehead atoms. The number of carbonyl (C=O) groups excluding carboxylic acids is 1. The SMILES string of the molecule is NC1=NS(=O)(=O)Nc2cccc(OCC3CCCN(C(=O)c4cncnc4)C3)c21. The van der Waals surface area contributed by atoms with Gasteiger partial charge in [-0.3, -0.25) is 9.52 Å². The van der Waals surface area contributed by atoms with Gasteiger partial charge in [0.15, 0.2) is 5.84 Å². The molecule has 0 spiro atoms. The molecule has 0 aliphatic carbocycles. The molecule has 152 valence electrons. The van der Waals surface area contributed by atoms with E-state index in [1.807, 2.05) is 0 Å². The molecule has 1 aromatic heterocycles. The van der Waals surface area contributed by atoms with Gasteiger partial charge in [-0.15, -0.1) is 4.40 Å². The van der Waals surface area contributed by atoms with Crippen molar-refractivity contribution < 1.29 is 17.9 Å². The van der Waals surface area contributed by atoms with Gasteiger partial charge >= 0.3 is 10.2 Å². The zero-order chi connectivity index (χ0) is 20.4. The van der Waals surface area contributed by atoms with Crippen LogP contribution in [0.25, 0.3) is 0 Å². The Bertz CT molecular complexity index is 1060. The number of amidine groups is 1. The fourth-order valence-electron chi connectivity index (χ4n) is 3.52. The minimum Gasteiger partial charge on any atom is -0.492 e. The number of ether oxygens (including phenoxy) is 1. The molecule has 1 saturated heterocycles. The van der Waals surface area contributed by atoms with Crippen LogP contribution in [0.1, 0.15) is 28.8 Å². The van der Waals surface area contributed by atoms with Crippen molar-refractivity contribution in [2.45, 2.75) is 12.8 Å². The largest absolute Gasteiger partial charge is 0.492 e. The van der Waals surface area contributed by atoms with E-state index in [2.05, 4.69) is 19.1 Å². The second kappa shape index (κ2) is 7.66. The van der Waals surface area contributed by atoms with E-state index in [0.29, 0.717) is 42.3 Å². The summed E-state index contributed by atoms with van der Waals surface area (Å²) in [7, 11) is -3.84. The summed E-state index contributed by atoms with van der Waals surface area (Å²) in [6.07, 6.45) is 6.19. The van der Waals surface area contributed by atoms with Gasteiger partial charge in [-0.05, 0) is 25.0 Å². The van der Waals surface area contributed by atoms with Crippen LogP contribution in [0.2, 0.25) is 0 Å². The molecule has 3 heterocycles. The molecule has 0 saturated carbocycles. The summed E-state index contributed by atoms with van der Waals surface area (Å²) >= 11 is 0. The molecule has 1 fully saturated rings. The number of piperidine rings is 1. The second-order valence-electron chi connectivity index (χ2n) is 6.93. The Labute approximate surface area is 168 Å². The van der Waals surface area contributed by atoms with Crippen LogP contribution in [0.5, 0.6) is 5.75 Å². The molecule has 1 aromatic carbocycles. The highest BCUT2D eigenvalue weighted by Gasteiger charge is 2.27. The molecule has 1 atom stereocenters. The van der Waals surface area contributed by atoms with Gasteiger partial charge in [0, 0.05) is 31.4 Å². The Morgan fingerprint density at radius 3 is 2.90 bits per heavy atom. The summed E-state index contributed by atoms with van der Waals surface area (Å²) in [5.41, 5.74) is 7.06. The van der Waals surface area contributed by atoms with Gasteiger partial charge < -0.3 is 15.4 Å². The highest BCUT2D eigenvalue weighted by molar-refractivity contribution is 7.91. The average Bonchev–Trinajstić information content (AvgIpc) is 2.71. The van der Waals surface area contributed by atoms with Crippen molar-refractivity contribution in [2.75, 3.05) is 24.4 Å². The van der Waals surface area contributed by atoms with Crippen molar-refractivity contribution >= 4 is 27.6 Å². The van der Waals surface area contributed by atoms with Crippen LogP contribution in [0.4, 0.5) is 5.69 Å². The predicted molar refractivity (Wildman–Crippen MR) is 106 cm³/mol. The third-order valence-corrected chi connectivity index (χ3v) is 5.74. The summed E-state index contributed by atoms with van der Waals surface area (Å²) < 4.78 is 35.2. The fourth-order valence-corrected chi connectivity index (χ4v) is 4.37. The number of aromatic nitrogens is 2. The fraction of sp³-hybridized carbons (Fsp3) is 0.333. The first-order chi connectivity index (χ1) is 13.9. The van der Waals surface area contributed by atoms with E-state index in [9.17, 15) is 13.2 Å². The number of benzene rings is 1. The molecule has 29 heavy (non-hydrogen) atoms.